The third kappa shape index (κ3) is 3.13. The van der Waals surface area contributed by atoms with Gasteiger partial charge in [0, 0.05) is 12.5 Å². The Kier molecular flexibility index (Phi) is 4.09. The zero-order chi connectivity index (χ0) is 15.8. The average molecular weight is 318 g/mol. The van der Waals surface area contributed by atoms with Crippen molar-refractivity contribution >= 4 is 5.91 Å². The standard InChI is InChI=1S/C17H26N4O2/c1-11-18-16(20-19-11)15-10-21(7-8-23-15)17(22)14-9-13(14)12-5-3-2-4-6-12/h12-15H,2-10H2,1H3,(H,18,19,20). The molecule has 1 saturated heterocycles. The first-order valence-corrected chi connectivity index (χ1v) is 9.01. The normalized spacial score (nSPS) is 32.0. The van der Waals surface area contributed by atoms with Gasteiger partial charge < -0.3 is 9.64 Å². The predicted octanol–water partition coefficient (Wildman–Crippen LogP) is 2.23. The van der Waals surface area contributed by atoms with Crippen molar-refractivity contribution in [3.63, 3.8) is 0 Å². The zero-order valence-corrected chi connectivity index (χ0v) is 13.8. The van der Waals surface area contributed by atoms with Crippen molar-refractivity contribution in [3.05, 3.63) is 11.6 Å². The van der Waals surface area contributed by atoms with Gasteiger partial charge in [-0.1, -0.05) is 32.1 Å². The van der Waals surface area contributed by atoms with Crippen molar-refractivity contribution < 1.29 is 9.53 Å². The highest BCUT2D eigenvalue weighted by atomic mass is 16.5. The molecule has 2 saturated carbocycles. The summed E-state index contributed by atoms with van der Waals surface area (Å²) in [7, 11) is 0. The van der Waals surface area contributed by atoms with Gasteiger partial charge in [0.1, 0.15) is 11.9 Å². The maximum Gasteiger partial charge on any atom is 0.226 e. The first-order valence-electron chi connectivity index (χ1n) is 9.01. The number of aromatic amines is 1. The molecular formula is C17H26N4O2. The van der Waals surface area contributed by atoms with E-state index in [-0.39, 0.29) is 12.0 Å². The largest absolute Gasteiger partial charge is 0.366 e. The molecule has 2 aliphatic carbocycles. The van der Waals surface area contributed by atoms with Crippen LogP contribution in [0.1, 0.15) is 56.3 Å². The van der Waals surface area contributed by atoms with Gasteiger partial charge >= 0.3 is 0 Å². The molecule has 3 unspecified atom stereocenters. The number of aryl methyl sites for hydroxylation is 1. The van der Waals surface area contributed by atoms with Crippen LogP contribution in [0.2, 0.25) is 0 Å². The average Bonchev–Trinajstić information content (AvgIpc) is 3.29. The third-order valence-corrected chi connectivity index (χ3v) is 5.69. The summed E-state index contributed by atoms with van der Waals surface area (Å²) in [5.41, 5.74) is 0. The molecule has 23 heavy (non-hydrogen) atoms. The molecule has 0 radical (unpaired) electrons. The van der Waals surface area contributed by atoms with Crippen LogP contribution in [0.15, 0.2) is 0 Å². The predicted molar refractivity (Wildman–Crippen MR) is 84.6 cm³/mol. The van der Waals surface area contributed by atoms with E-state index in [0.717, 1.165) is 18.2 Å². The molecular weight excluding hydrogens is 292 g/mol. The van der Waals surface area contributed by atoms with Crippen molar-refractivity contribution in [1.82, 2.24) is 20.1 Å². The van der Waals surface area contributed by atoms with E-state index in [0.29, 0.717) is 37.3 Å². The smallest absolute Gasteiger partial charge is 0.226 e. The lowest BCUT2D eigenvalue weighted by molar-refractivity contribution is -0.141. The number of ether oxygens (including phenoxy) is 1. The fourth-order valence-corrected chi connectivity index (χ4v) is 4.33. The summed E-state index contributed by atoms with van der Waals surface area (Å²) in [5, 5.41) is 7.03. The van der Waals surface area contributed by atoms with E-state index in [1.54, 1.807) is 0 Å². The molecule has 0 aromatic carbocycles. The van der Waals surface area contributed by atoms with E-state index in [4.69, 9.17) is 4.74 Å². The molecule has 0 bridgehead atoms. The quantitative estimate of drug-likeness (QED) is 0.928. The number of rotatable bonds is 3. The van der Waals surface area contributed by atoms with Crippen LogP contribution in [-0.2, 0) is 9.53 Å². The molecule has 4 rings (SSSR count). The van der Waals surface area contributed by atoms with Crippen molar-refractivity contribution in [3.8, 4) is 0 Å². The summed E-state index contributed by atoms with van der Waals surface area (Å²) in [4.78, 5) is 19.1. The van der Waals surface area contributed by atoms with Gasteiger partial charge in [-0.25, -0.2) is 4.98 Å². The van der Waals surface area contributed by atoms with Crippen LogP contribution in [-0.4, -0.2) is 45.7 Å². The Morgan fingerprint density at radius 1 is 1.30 bits per heavy atom. The van der Waals surface area contributed by atoms with Crippen molar-refractivity contribution in [1.29, 1.82) is 0 Å². The van der Waals surface area contributed by atoms with Gasteiger partial charge in [0.2, 0.25) is 5.91 Å². The van der Waals surface area contributed by atoms with Gasteiger partial charge in [-0.05, 0) is 25.2 Å². The molecule has 3 aliphatic rings. The molecule has 3 atom stereocenters. The second-order valence-electron chi connectivity index (χ2n) is 7.33. The minimum Gasteiger partial charge on any atom is -0.366 e. The van der Waals surface area contributed by atoms with E-state index in [9.17, 15) is 4.79 Å². The van der Waals surface area contributed by atoms with Gasteiger partial charge in [-0.2, -0.15) is 5.10 Å². The van der Waals surface area contributed by atoms with Crippen LogP contribution in [0.3, 0.4) is 0 Å². The molecule has 3 fully saturated rings. The maximum atomic E-state index is 12.8. The molecule has 6 heteroatoms. The molecule has 1 amide bonds. The van der Waals surface area contributed by atoms with E-state index in [1.165, 1.54) is 32.1 Å². The summed E-state index contributed by atoms with van der Waals surface area (Å²) in [6, 6.07) is 0. The summed E-state index contributed by atoms with van der Waals surface area (Å²) in [5.74, 6) is 3.50. The minimum absolute atomic E-state index is 0.190. The zero-order valence-electron chi connectivity index (χ0n) is 13.8. The second-order valence-corrected chi connectivity index (χ2v) is 7.33. The molecule has 6 nitrogen and oxygen atoms in total. The van der Waals surface area contributed by atoms with Gasteiger partial charge in [0.25, 0.3) is 0 Å². The number of nitrogens with one attached hydrogen (secondary N) is 1. The maximum absolute atomic E-state index is 12.8. The first-order chi connectivity index (χ1) is 11.2. The number of morpholine rings is 1. The van der Waals surface area contributed by atoms with Gasteiger partial charge in [0.05, 0.1) is 13.2 Å². The highest BCUT2D eigenvalue weighted by Gasteiger charge is 2.49. The summed E-state index contributed by atoms with van der Waals surface area (Å²) in [6.45, 7) is 3.74. The number of hydrogen-bond acceptors (Lipinski definition) is 4. The SMILES string of the molecule is Cc1nc(C2CN(C(=O)C3CC3C3CCCCC3)CCO2)n[nH]1. The Morgan fingerprint density at radius 2 is 2.13 bits per heavy atom. The second kappa shape index (κ2) is 6.23. The fraction of sp³-hybridized carbons (Fsp3) is 0.824. The monoisotopic (exact) mass is 318 g/mol. The van der Waals surface area contributed by atoms with E-state index in [2.05, 4.69) is 15.2 Å². The molecule has 0 spiro atoms. The molecule has 126 valence electrons. The van der Waals surface area contributed by atoms with Crippen LogP contribution in [0.4, 0.5) is 0 Å². The minimum atomic E-state index is -0.190. The Balaban J connectivity index is 1.35. The lowest BCUT2D eigenvalue weighted by atomic mass is 9.85. The van der Waals surface area contributed by atoms with Crippen LogP contribution >= 0.6 is 0 Å². The number of aromatic nitrogens is 3. The Morgan fingerprint density at radius 3 is 2.87 bits per heavy atom. The van der Waals surface area contributed by atoms with Crippen LogP contribution in [0.25, 0.3) is 0 Å². The number of H-pyrrole nitrogens is 1. The van der Waals surface area contributed by atoms with Crippen LogP contribution in [0, 0.1) is 24.7 Å². The molecule has 1 aromatic rings. The Hall–Kier alpha value is -1.43. The van der Waals surface area contributed by atoms with Gasteiger partial charge in [-0.3, -0.25) is 9.89 Å². The molecule has 1 aromatic heterocycles. The first kappa shape index (κ1) is 15.1. The molecule has 2 heterocycles. The number of hydrogen-bond donors (Lipinski definition) is 1. The summed E-state index contributed by atoms with van der Waals surface area (Å²) >= 11 is 0. The topological polar surface area (TPSA) is 71.1 Å². The van der Waals surface area contributed by atoms with Crippen LogP contribution < -0.4 is 0 Å². The Labute approximate surface area is 137 Å². The lowest BCUT2D eigenvalue weighted by Crippen LogP contribution is -2.43. The van der Waals surface area contributed by atoms with Crippen molar-refractivity contribution in [2.24, 2.45) is 17.8 Å². The van der Waals surface area contributed by atoms with Crippen LogP contribution in [0.5, 0.6) is 0 Å². The summed E-state index contributed by atoms with van der Waals surface area (Å²) < 4.78 is 5.76. The van der Waals surface area contributed by atoms with Crippen molar-refractivity contribution in [2.75, 3.05) is 19.7 Å². The number of carbonyl (C=O) groups is 1. The van der Waals surface area contributed by atoms with Crippen molar-refractivity contribution in [2.45, 2.75) is 51.6 Å². The van der Waals surface area contributed by atoms with Gasteiger partial charge in [-0.15, -0.1) is 0 Å². The Bertz CT molecular complexity index is 567. The lowest BCUT2D eigenvalue weighted by Gasteiger charge is -2.32. The third-order valence-electron chi connectivity index (χ3n) is 5.69. The molecule has 1 N–H and O–H groups in total. The summed E-state index contributed by atoms with van der Waals surface area (Å²) in [6.07, 6.45) is 7.66. The fourth-order valence-electron chi connectivity index (χ4n) is 4.33. The number of nitrogens with zero attached hydrogens (tertiary/aromatic N) is 3. The highest BCUT2D eigenvalue weighted by Crippen LogP contribution is 2.50. The van der Waals surface area contributed by atoms with E-state index < -0.39 is 0 Å². The highest BCUT2D eigenvalue weighted by molar-refractivity contribution is 5.81. The number of carbonyl (C=O) groups excluding carboxylic acids is 1. The molecule has 1 aliphatic heterocycles. The number of amides is 1. The van der Waals surface area contributed by atoms with E-state index in [1.807, 2.05) is 11.8 Å². The van der Waals surface area contributed by atoms with E-state index >= 15 is 0 Å². The van der Waals surface area contributed by atoms with Gasteiger partial charge in [0.15, 0.2) is 5.82 Å².